The van der Waals surface area contributed by atoms with Crippen LogP contribution in [0.25, 0.3) is 22.3 Å². The Balaban J connectivity index is 1.96. The van der Waals surface area contributed by atoms with Crippen molar-refractivity contribution in [1.29, 1.82) is 0 Å². The number of nitrogens with zero attached hydrogens (tertiary/aromatic N) is 1. The lowest BCUT2D eigenvalue weighted by molar-refractivity contribution is 0.101. The van der Waals surface area contributed by atoms with Gasteiger partial charge in [-0.3, -0.25) is 4.79 Å². The molecule has 0 fully saturated rings. The van der Waals surface area contributed by atoms with Crippen LogP contribution in [0.1, 0.15) is 28.4 Å². The third kappa shape index (κ3) is 4.14. The van der Waals surface area contributed by atoms with Crippen molar-refractivity contribution < 1.29 is 18.7 Å². The van der Waals surface area contributed by atoms with Crippen LogP contribution in [0.2, 0.25) is 0 Å². The molecule has 0 bridgehead atoms. The van der Waals surface area contributed by atoms with Gasteiger partial charge in [0.25, 0.3) is 0 Å². The summed E-state index contributed by atoms with van der Waals surface area (Å²) in [6.07, 6.45) is 0. The molecule has 5 heteroatoms. The van der Waals surface area contributed by atoms with Crippen LogP contribution in [0.4, 0.5) is 5.69 Å². The number of hydrogen-bond donors (Lipinski definition) is 0. The molecule has 0 radical (unpaired) electrons. The topological polar surface area (TPSA) is 61.0 Å². The molecule has 0 saturated heterocycles. The highest BCUT2D eigenvalue weighted by molar-refractivity contribution is 5.94. The molecule has 0 saturated carbocycles. The fourth-order valence-corrected chi connectivity index (χ4v) is 3.81. The maximum absolute atomic E-state index is 11.6. The zero-order valence-corrected chi connectivity index (χ0v) is 18.9. The summed E-state index contributed by atoms with van der Waals surface area (Å²) in [5.41, 5.74) is 5.23. The molecule has 4 rings (SSSR count). The molecule has 162 valence electrons. The first-order valence-corrected chi connectivity index (χ1v) is 10.3. The van der Waals surface area contributed by atoms with Gasteiger partial charge in [0.15, 0.2) is 17.3 Å². The van der Waals surface area contributed by atoms with Gasteiger partial charge in [-0.25, -0.2) is 4.99 Å². The molecular formula is C27H25NO4. The van der Waals surface area contributed by atoms with E-state index in [4.69, 9.17) is 18.9 Å². The monoisotopic (exact) mass is 427 g/mol. The Hall–Kier alpha value is -3.86. The molecule has 0 aliphatic heterocycles. The van der Waals surface area contributed by atoms with Crippen LogP contribution in [0.5, 0.6) is 11.5 Å². The van der Waals surface area contributed by atoms with E-state index < -0.39 is 0 Å². The van der Waals surface area contributed by atoms with Crippen molar-refractivity contribution in [1.82, 2.24) is 0 Å². The van der Waals surface area contributed by atoms with Crippen molar-refractivity contribution in [3.8, 4) is 22.8 Å². The number of aryl methyl sites for hydroxylation is 2. The normalized spacial score (nSPS) is 11.6. The summed E-state index contributed by atoms with van der Waals surface area (Å²) in [6.45, 7) is 5.65. The number of carbonyl (C=O) groups excluding carboxylic acids is 1. The Morgan fingerprint density at radius 2 is 1.59 bits per heavy atom. The van der Waals surface area contributed by atoms with E-state index >= 15 is 0 Å². The van der Waals surface area contributed by atoms with E-state index in [0.717, 1.165) is 38.7 Å². The highest BCUT2D eigenvalue weighted by Gasteiger charge is 2.12. The third-order valence-corrected chi connectivity index (χ3v) is 5.38. The van der Waals surface area contributed by atoms with Crippen molar-refractivity contribution in [2.24, 2.45) is 4.99 Å². The molecule has 0 N–H and O–H groups in total. The van der Waals surface area contributed by atoms with E-state index in [0.29, 0.717) is 22.8 Å². The molecule has 0 aliphatic rings. The van der Waals surface area contributed by atoms with E-state index in [2.05, 4.69) is 13.0 Å². The van der Waals surface area contributed by atoms with E-state index in [1.54, 1.807) is 33.3 Å². The van der Waals surface area contributed by atoms with Gasteiger partial charge in [0.1, 0.15) is 11.3 Å². The second-order valence-electron chi connectivity index (χ2n) is 7.74. The van der Waals surface area contributed by atoms with Gasteiger partial charge in [-0.05, 0) is 80.4 Å². The molecule has 0 atom stereocenters. The second-order valence-corrected chi connectivity index (χ2v) is 7.74. The molecule has 1 heterocycles. The largest absolute Gasteiger partial charge is 0.493 e. The van der Waals surface area contributed by atoms with Crippen LogP contribution >= 0.6 is 0 Å². The Labute approximate surface area is 187 Å². The van der Waals surface area contributed by atoms with Crippen molar-refractivity contribution in [3.05, 3.63) is 82.7 Å². The number of fused-ring (bicyclic) bond motifs is 1. The van der Waals surface area contributed by atoms with Gasteiger partial charge >= 0.3 is 0 Å². The van der Waals surface area contributed by atoms with Gasteiger partial charge in [-0.1, -0.05) is 6.07 Å². The maximum Gasteiger partial charge on any atom is 0.161 e. The summed E-state index contributed by atoms with van der Waals surface area (Å²) < 4.78 is 17.1. The van der Waals surface area contributed by atoms with Crippen molar-refractivity contribution in [2.45, 2.75) is 20.8 Å². The van der Waals surface area contributed by atoms with Gasteiger partial charge in [-0.15, -0.1) is 0 Å². The molecule has 0 aliphatic carbocycles. The van der Waals surface area contributed by atoms with Crippen LogP contribution in [-0.2, 0) is 0 Å². The number of rotatable bonds is 5. The van der Waals surface area contributed by atoms with E-state index in [1.165, 1.54) is 0 Å². The average molecular weight is 428 g/mol. The first-order chi connectivity index (χ1) is 15.4. The minimum absolute atomic E-state index is 0.0302. The second kappa shape index (κ2) is 8.71. The summed E-state index contributed by atoms with van der Waals surface area (Å²) in [7, 11) is 3.22. The minimum Gasteiger partial charge on any atom is -0.493 e. The lowest BCUT2D eigenvalue weighted by Gasteiger charge is -2.11. The summed E-state index contributed by atoms with van der Waals surface area (Å²) >= 11 is 0. The van der Waals surface area contributed by atoms with Gasteiger partial charge in [0.05, 0.1) is 25.3 Å². The SMILES string of the molecule is COc1ccc(-c2cc(=Nc3ccc(C(C)=O)cc3)c3c(C)cc(C)cc3o2)cc1OC. The summed E-state index contributed by atoms with van der Waals surface area (Å²) in [5.74, 6) is 1.98. The van der Waals surface area contributed by atoms with Crippen LogP contribution in [0.3, 0.4) is 0 Å². The Morgan fingerprint density at radius 3 is 2.25 bits per heavy atom. The van der Waals surface area contributed by atoms with Crippen molar-refractivity contribution in [2.75, 3.05) is 14.2 Å². The smallest absolute Gasteiger partial charge is 0.161 e. The number of hydrogen-bond acceptors (Lipinski definition) is 5. The molecule has 0 amide bonds. The predicted molar refractivity (Wildman–Crippen MR) is 126 cm³/mol. The number of methoxy groups -OCH3 is 2. The van der Waals surface area contributed by atoms with Crippen LogP contribution < -0.4 is 14.8 Å². The van der Waals surface area contributed by atoms with Crippen molar-refractivity contribution >= 4 is 22.4 Å². The molecule has 3 aromatic carbocycles. The average Bonchev–Trinajstić information content (AvgIpc) is 2.78. The third-order valence-electron chi connectivity index (χ3n) is 5.38. The number of ketones is 1. The van der Waals surface area contributed by atoms with Gasteiger partial charge in [0, 0.05) is 22.6 Å². The molecule has 0 unspecified atom stereocenters. The van der Waals surface area contributed by atoms with E-state index in [-0.39, 0.29) is 5.78 Å². The summed E-state index contributed by atoms with van der Waals surface area (Å²) in [5, 5.41) is 1.75. The Kier molecular flexibility index (Phi) is 5.82. The number of carbonyl (C=O) groups is 1. The molecule has 0 spiro atoms. The fraction of sp³-hybridized carbons (Fsp3) is 0.185. The molecule has 32 heavy (non-hydrogen) atoms. The lowest BCUT2D eigenvalue weighted by Crippen LogP contribution is -2.05. The number of Topliss-reactive ketones (excluding diaryl/α,β-unsaturated/α-hetero) is 1. The molecule has 1 aromatic heterocycles. The summed E-state index contributed by atoms with van der Waals surface area (Å²) in [4.78, 5) is 16.5. The molecule has 5 nitrogen and oxygen atoms in total. The first kappa shape index (κ1) is 21.4. The minimum atomic E-state index is 0.0302. The van der Waals surface area contributed by atoms with Crippen LogP contribution in [0, 0.1) is 13.8 Å². The fourth-order valence-electron chi connectivity index (χ4n) is 3.81. The standard InChI is InChI=1S/C27H25NO4/c1-16-12-17(2)27-22(28-21-9-6-19(7-10-21)18(3)29)15-24(32-26(27)13-16)20-8-11-23(30-4)25(14-20)31-5/h6-15H,1-5H3. The summed E-state index contributed by atoms with van der Waals surface area (Å²) in [6, 6.07) is 19.0. The van der Waals surface area contributed by atoms with Crippen LogP contribution in [0.15, 0.2) is 70.1 Å². The molecule has 4 aromatic rings. The Bertz CT molecular complexity index is 1380. The first-order valence-electron chi connectivity index (χ1n) is 10.3. The highest BCUT2D eigenvalue weighted by atomic mass is 16.5. The zero-order chi connectivity index (χ0) is 22.8. The maximum atomic E-state index is 11.6. The predicted octanol–water partition coefficient (Wildman–Crippen LogP) is 6.17. The molecular weight excluding hydrogens is 402 g/mol. The zero-order valence-electron chi connectivity index (χ0n) is 18.9. The van der Waals surface area contributed by atoms with E-state index in [1.807, 2.05) is 49.4 Å². The highest BCUT2D eigenvalue weighted by Crippen LogP contribution is 2.33. The lowest BCUT2D eigenvalue weighted by atomic mass is 10.0. The number of benzene rings is 3. The van der Waals surface area contributed by atoms with E-state index in [9.17, 15) is 4.79 Å². The van der Waals surface area contributed by atoms with Crippen molar-refractivity contribution in [3.63, 3.8) is 0 Å². The van der Waals surface area contributed by atoms with Gasteiger partial charge in [-0.2, -0.15) is 0 Å². The van der Waals surface area contributed by atoms with Crippen LogP contribution in [-0.4, -0.2) is 20.0 Å². The van der Waals surface area contributed by atoms with Gasteiger partial charge < -0.3 is 13.9 Å². The van der Waals surface area contributed by atoms with Gasteiger partial charge in [0.2, 0.25) is 0 Å². The quantitative estimate of drug-likeness (QED) is 0.357. The Morgan fingerprint density at radius 1 is 0.875 bits per heavy atom. The number of ether oxygens (including phenoxy) is 2.